The van der Waals surface area contributed by atoms with Crippen LogP contribution < -0.4 is 0 Å². The molecule has 0 fully saturated rings. The molecular formula is C21H16FN3. The second-order valence-electron chi connectivity index (χ2n) is 5.78. The van der Waals surface area contributed by atoms with E-state index in [-0.39, 0.29) is 0 Å². The highest BCUT2D eigenvalue weighted by molar-refractivity contribution is 6.14. The SMILES string of the molecule is Cn1nc(F)c2cccc(N=C(c3ccccc3)c3ccccc3)c21. The van der Waals surface area contributed by atoms with Gasteiger partial charge >= 0.3 is 0 Å². The van der Waals surface area contributed by atoms with Crippen LogP contribution >= 0.6 is 0 Å². The fraction of sp³-hybridized carbons (Fsp3) is 0.0476. The Morgan fingerprint density at radius 2 is 1.44 bits per heavy atom. The van der Waals surface area contributed by atoms with Gasteiger partial charge in [0.1, 0.15) is 0 Å². The van der Waals surface area contributed by atoms with Crippen molar-refractivity contribution in [1.29, 1.82) is 0 Å². The Morgan fingerprint density at radius 1 is 0.840 bits per heavy atom. The smallest absolute Gasteiger partial charge is 0.240 e. The molecule has 3 aromatic carbocycles. The molecule has 0 aliphatic rings. The van der Waals surface area contributed by atoms with Crippen LogP contribution in [0.25, 0.3) is 10.9 Å². The van der Waals surface area contributed by atoms with Gasteiger partial charge in [-0.25, -0.2) is 4.99 Å². The summed E-state index contributed by atoms with van der Waals surface area (Å²) >= 11 is 0. The lowest BCUT2D eigenvalue weighted by molar-refractivity contribution is 0.562. The second kappa shape index (κ2) is 6.32. The van der Waals surface area contributed by atoms with Gasteiger partial charge in [0, 0.05) is 18.2 Å². The zero-order valence-electron chi connectivity index (χ0n) is 13.7. The van der Waals surface area contributed by atoms with Crippen molar-refractivity contribution in [3.05, 3.63) is 95.9 Å². The Bertz CT molecular complexity index is 1010. The van der Waals surface area contributed by atoms with E-state index < -0.39 is 5.95 Å². The predicted molar refractivity (Wildman–Crippen MR) is 98.9 cm³/mol. The normalized spacial score (nSPS) is 10.8. The van der Waals surface area contributed by atoms with Gasteiger partial charge in [-0.3, -0.25) is 4.68 Å². The molecule has 4 heteroatoms. The van der Waals surface area contributed by atoms with E-state index in [1.54, 1.807) is 19.2 Å². The first kappa shape index (κ1) is 15.3. The summed E-state index contributed by atoms with van der Waals surface area (Å²) in [5, 5.41) is 4.36. The number of halogens is 1. The number of rotatable bonds is 3. The minimum atomic E-state index is -0.476. The number of benzene rings is 3. The average Bonchev–Trinajstić information content (AvgIpc) is 2.96. The minimum absolute atomic E-state index is 0.476. The largest absolute Gasteiger partial charge is 0.263 e. The summed E-state index contributed by atoms with van der Waals surface area (Å²) in [4.78, 5) is 4.89. The van der Waals surface area contributed by atoms with Crippen molar-refractivity contribution in [3.63, 3.8) is 0 Å². The van der Waals surface area contributed by atoms with Crippen LogP contribution in [0.1, 0.15) is 11.1 Å². The van der Waals surface area contributed by atoms with E-state index in [4.69, 9.17) is 4.99 Å². The third kappa shape index (κ3) is 2.83. The van der Waals surface area contributed by atoms with Gasteiger partial charge in [-0.05, 0) is 12.1 Å². The maximum atomic E-state index is 14.0. The van der Waals surface area contributed by atoms with Crippen LogP contribution in [0, 0.1) is 5.95 Å². The molecule has 1 aromatic heterocycles. The minimum Gasteiger partial charge on any atom is -0.263 e. The van der Waals surface area contributed by atoms with Crippen LogP contribution in [0.3, 0.4) is 0 Å². The summed E-state index contributed by atoms with van der Waals surface area (Å²) in [6, 6.07) is 25.4. The third-order valence-electron chi connectivity index (χ3n) is 4.13. The Labute approximate surface area is 145 Å². The molecule has 0 bridgehead atoms. The summed E-state index contributed by atoms with van der Waals surface area (Å²) in [5.74, 6) is -0.476. The van der Waals surface area contributed by atoms with E-state index >= 15 is 0 Å². The van der Waals surface area contributed by atoms with Crippen LogP contribution in [0.4, 0.5) is 10.1 Å². The first-order chi connectivity index (χ1) is 12.2. The van der Waals surface area contributed by atoms with Gasteiger partial charge in [0.2, 0.25) is 5.95 Å². The molecule has 0 saturated carbocycles. The monoisotopic (exact) mass is 329 g/mol. The lowest BCUT2D eigenvalue weighted by Gasteiger charge is -2.08. The molecule has 0 unspecified atom stereocenters. The Kier molecular flexibility index (Phi) is 3.86. The maximum Gasteiger partial charge on any atom is 0.240 e. The van der Waals surface area contributed by atoms with E-state index in [2.05, 4.69) is 5.10 Å². The number of aryl methyl sites for hydroxylation is 1. The number of aliphatic imine (C=N–C) groups is 1. The van der Waals surface area contributed by atoms with Crippen LogP contribution in [0.5, 0.6) is 0 Å². The first-order valence-electron chi connectivity index (χ1n) is 8.05. The fourth-order valence-corrected chi connectivity index (χ4v) is 2.97. The van der Waals surface area contributed by atoms with Crippen molar-refractivity contribution in [3.8, 4) is 0 Å². The molecule has 122 valence electrons. The van der Waals surface area contributed by atoms with Crippen LogP contribution in [-0.2, 0) is 7.05 Å². The van der Waals surface area contributed by atoms with Gasteiger partial charge in [-0.2, -0.15) is 4.39 Å². The van der Waals surface area contributed by atoms with Gasteiger partial charge in [0.25, 0.3) is 0 Å². The molecular weight excluding hydrogens is 313 g/mol. The molecule has 0 atom stereocenters. The number of fused-ring (bicyclic) bond motifs is 1. The van der Waals surface area contributed by atoms with Crippen LogP contribution in [0.15, 0.2) is 83.9 Å². The summed E-state index contributed by atoms with van der Waals surface area (Å²) < 4.78 is 15.5. The molecule has 0 aliphatic carbocycles. The van der Waals surface area contributed by atoms with E-state index in [1.807, 2.05) is 66.7 Å². The molecule has 4 rings (SSSR count). The molecule has 0 saturated heterocycles. The number of aromatic nitrogens is 2. The number of nitrogens with zero attached hydrogens (tertiary/aromatic N) is 3. The number of hydrogen-bond acceptors (Lipinski definition) is 2. The predicted octanol–water partition coefficient (Wildman–Crippen LogP) is 4.88. The van der Waals surface area contributed by atoms with Gasteiger partial charge in [0.05, 0.1) is 22.3 Å². The fourth-order valence-electron chi connectivity index (χ4n) is 2.97. The Hall–Kier alpha value is -3.27. The molecule has 0 aliphatic heterocycles. The molecule has 0 spiro atoms. The van der Waals surface area contributed by atoms with Gasteiger partial charge in [0.15, 0.2) is 0 Å². The van der Waals surface area contributed by atoms with Crippen molar-refractivity contribution < 1.29 is 4.39 Å². The van der Waals surface area contributed by atoms with E-state index in [0.29, 0.717) is 16.6 Å². The van der Waals surface area contributed by atoms with Gasteiger partial charge in [-0.1, -0.05) is 66.7 Å². The summed E-state index contributed by atoms with van der Waals surface area (Å²) in [6.45, 7) is 0. The first-order valence-corrected chi connectivity index (χ1v) is 8.05. The highest BCUT2D eigenvalue weighted by Gasteiger charge is 2.13. The van der Waals surface area contributed by atoms with Crippen LogP contribution in [0.2, 0.25) is 0 Å². The lowest BCUT2D eigenvalue weighted by atomic mass is 10.0. The van der Waals surface area contributed by atoms with E-state index in [1.165, 1.54) is 4.68 Å². The highest BCUT2D eigenvalue weighted by Crippen LogP contribution is 2.28. The average molecular weight is 329 g/mol. The van der Waals surface area contributed by atoms with Gasteiger partial charge in [-0.15, -0.1) is 5.10 Å². The molecule has 0 radical (unpaired) electrons. The van der Waals surface area contributed by atoms with Gasteiger partial charge < -0.3 is 0 Å². The van der Waals surface area contributed by atoms with Crippen molar-refractivity contribution >= 4 is 22.3 Å². The molecule has 3 nitrogen and oxygen atoms in total. The van der Waals surface area contributed by atoms with Crippen LogP contribution in [-0.4, -0.2) is 15.5 Å². The molecule has 1 heterocycles. The van der Waals surface area contributed by atoms with Crippen molar-refractivity contribution in [1.82, 2.24) is 9.78 Å². The van der Waals surface area contributed by atoms with E-state index in [0.717, 1.165) is 16.8 Å². The van der Waals surface area contributed by atoms with Crippen molar-refractivity contribution in [2.75, 3.05) is 0 Å². The maximum absolute atomic E-state index is 14.0. The topological polar surface area (TPSA) is 30.2 Å². The molecule has 0 amide bonds. The number of para-hydroxylation sites is 1. The van der Waals surface area contributed by atoms with Crippen molar-refractivity contribution in [2.45, 2.75) is 0 Å². The highest BCUT2D eigenvalue weighted by atomic mass is 19.1. The Morgan fingerprint density at radius 3 is 2.04 bits per heavy atom. The molecule has 25 heavy (non-hydrogen) atoms. The molecule has 4 aromatic rings. The quantitative estimate of drug-likeness (QED) is 0.493. The zero-order chi connectivity index (χ0) is 17.2. The summed E-state index contributed by atoms with van der Waals surface area (Å²) in [5.41, 5.74) is 4.24. The summed E-state index contributed by atoms with van der Waals surface area (Å²) in [7, 11) is 1.73. The number of hydrogen-bond donors (Lipinski definition) is 0. The zero-order valence-corrected chi connectivity index (χ0v) is 13.7. The molecule has 0 N–H and O–H groups in total. The van der Waals surface area contributed by atoms with Crippen molar-refractivity contribution in [2.24, 2.45) is 12.0 Å². The Balaban J connectivity index is 1.98. The van der Waals surface area contributed by atoms with E-state index in [9.17, 15) is 4.39 Å². The lowest BCUT2D eigenvalue weighted by Crippen LogP contribution is -2.03. The second-order valence-corrected chi connectivity index (χ2v) is 5.78. The standard InChI is InChI=1S/C21H16FN3/c1-25-20-17(21(22)24-25)13-8-14-18(20)23-19(15-9-4-2-5-10-15)16-11-6-3-7-12-16/h2-14H,1H3. The summed E-state index contributed by atoms with van der Waals surface area (Å²) in [6.07, 6.45) is 0. The third-order valence-corrected chi connectivity index (χ3v) is 4.13.